The number of hydrogen-bond donors (Lipinski definition) is 2. The van der Waals surface area contributed by atoms with Gasteiger partial charge in [-0.15, -0.1) is 0 Å². The van der Waals surface area contributed by atoms with Gasteiger partial charge in [-0.1, -0.05) is 60.1 Å². The van der Waals surface area contributed by atoms with E-state index in [1.54, 1.807) is 56.1 Å². The van der Waals surface area contributed by atoms with E-state index >= 15 is 0 Å². The van der Waals surface area contributed by atoms with E-state index in [4.69, 9.17) is 16.3 Å². The molecule has 6 rings (SSSR count). The number of carbonyl (C=O) groups excluding carboxylic acids is 4. The van der Waals surface area contributed by atoms with Crippen LogP contribution >= 0.6 is 11.6 Å². The maximum Gasteiger partial charge on any atom is 0.411 e. The molecule has 4 amide bonds. The lowest BCUT2D eigenvalue weighted by atomic mass is 9.93. The van der Waals surface area contributed by atoms with E-state index < -0.39 is 29.7 Å². The first-order valence-electron chi connectivity index (χ1n) is 17.4. The molecule has 4 aromatic rings. The predicted octanol–water partition coefficient (Wildman–Crippen LogP) is 5.73. The van der Waals surface area contributed by atoms with E-state index in [0.29, 0.717) is 48.9 Å². The first kappa shape index (κ1) is 36.4. The molecule has 2 aliphatic heterocycles. The number of anilines is 2. The SMILES string of the molecule is CC(C)(C)OC(=O)N1Cc2ccccc2CC1C(=O)NC(Cc1ccc(Cl)cc1)C(=O)N1CCN(c2ccccc2NC(=O)c2cccnc2)CC1. The van der Waals surface area contributed by atoms with Crippen molar-refractivity contribution in [3.63, 3.8) is 0 Å². The Morgan fingerprint density at radius 3 is 2.27 bits per heavy atom. The number of aromatic nitrogens is 1. The van der Waals surface area contributed by atoms with Gasteiger partial charge in [0.05, 0.1) is 23.5 Å². The van der Waals surface area contributed by atoms with Gasteiger partial charge in [-0.25, -0.2) is 4.79 Å². The lowest BCUT2D eigenvalue weighted by Crippen LogP contribution is -2.59. The number of nitrogens with zero attached hydrogens (tertiary/aromatic N) is 4. The lowest BCUT2D eigenvalue weighted by Gasteiger charge is -2.39. The molecule has 1 fully saturated rings. The Bertz CT molecular complexity index is 1910. The summed E-state index contributed by atoms with van der Waals surface area (Å²) >= 11 is 6.16. The van der Waals surface area contributed by atoms with Gasteiger partial charge in [0.2, 0.25) is 11.8 Å². The van der Waals surface area contributed by atoms with Crippen LogP contribution in [0.4, 0.5) is 16.2 Å². The van der Waals surface area contributed by atoms with Crippen LogP contribution in [-0.4, -0.2) is 82.5 Å². The highest BCUT2D eigenvalue weighted by Gasteiger charge is 2.39. The van der Waals surface area contributed by atoms with E-state index in [2.05, 4.69) is 20.5 Å². The normalized spacial score (nSPS) is 16.4. The van der Waals surface area contributed by atoms with Crippen molar-refractivity contribution in [3.8, 4) is 0 Å². The van der Waals surface area contributed by atoms with Crippen molar-refractivity contribution >= 4 is 46.8 Å². The number of fused-ring (bicyclic) bond motifs is 1. The second-order valence-corrected chi connectivity index (χ2v) is 14.5. The van der Waals surface area contributed by atoms with Crippen LogP contribution in [0.2, 0.25) is 5.02 Å². The Labute approximate surface area is 308 Å². The van der Waals surface area contributed by atoms with Gasteiger partial charge >= 0.3 is 6.09 Å². The number of rotatable bonds is 8. The van der Waals surface area contributed by atoms with Crippen molar-refractivity contribution in [2.45, 2.75) is 57.8 Å². The number of halogens is 1. The predicted molar refractivity (Wildman–Crippen MR) is 200 cm³/mol. The molecule has 2 N–H and O–H groups in total. The summed E-state index contributed by atoms with van der Waals surface area (Å²) in [4.78, 5) is 64.2. The third-order valence-corrected chi connectivity index (χ3v) is 9.41. The smallest absolute Gasteiger partial charge is 0.411 e. The molecule has 52 heavy (non-hydrogen) atoms. The fourth-order valence-electron chi connectivity index (χ4n) is 6.53. The molecule has 0 spiro atoms. The largest absolute Gasteiger partial charge is 0.444 e. The summed E-state index contributed by atoms with van der Waals surface area (Å²) in [5.74, 6) is -0.910. The van der Waals surface area contributed by atoms with Crippen LogP contribution in [0.15, 0.2) is 97.3 Å². The van der Waals surface area contributed by atoms with Gasteiger partial charge in [0.1, 0.15) is 17.7 Å². The van der Waals surface area contributed by atoms with Gasteiger partial charge in [0.15, 0.2) is 0 Å². The van der Waals surface area contributed by atoms with Gasteiger partial charge in [-0.05, 0) is 73.9 Å². The quantitative estimate of drug-likeness (QED) is 0.238. The molecule has 0 saturated carbocycles. The van der Waals surface area contributed by atoms with Crippen LogP contribution in [0.3, 0.4) is 0 Å². The molecular weight excluding hydrogens is 680 g/mol. The third-order valence-electron chi connectivity index (χ3n) is 9.15. The summed E-state index contributed by atoms with van der Waals surface area (Å²) in [7, 11) is 0. The fraction of sp³-hybridized carbons (Fsp3) is 0.325. The van der Waals surface area contributed by atoms with Crippen LogP contribution in [-0.2, 0) is 33.7 Å². The molecule has 3 aromatic carbocycles. The Hall–Kier alpha value is -5.42. The summed E-state index contributed by atoms with van der Waals surface area (Å²) in [6.07, 6.45) is 3.07. The molecule has 11 nitrogen and oxygen atoms in total. The second kappa shape index (κ2) is 15.9. The molecule has 2 aliphatic rings. The van der Waals surface area contributed by atoms with Gasteiger partial charge in [-0.2, -0.15) is 0 Å². The standard InChI is InChI=1S/C40H43ClN6O5/c1-40(2,3)52-39(51)47-26-30-10-5-4-9-28(30)24-35(47)37(49)44-33(23-27-14-16-31(41)17-15-27)38(50)46-21-19-45(20-22-46)34-13-7-6-12-32(34)43-36(48)29-11-8-18-42-25-29/h4-18,25,33,35H,19-24,26H2,1-3H3,(H,43,48)(H,44,49). The average Bonchev–Trinajstić information content (AvgIpc) is 3.14. The van der Waals surface area contributed by atoms with Gasteiger partial charge < -0.3 is 25.2 Å². The highest BCUT2D eigenvalue weighted by Crippen LogP contribution is 2.29. The minimum atomic E-state index is -0.899. The van der Waals surface area contributed by atoms with Crippen molar-refractivity contribution in [1.29, 1.82) is 0 Å². The van der Waals surface area contributed by atoms with Gasteiger partial charge in [-0.3, -0.25) is 24.3 Å². The number of carbonyl (C=O) groups is 4. The van der Waals surface area contributed by atoms with E-state index in [1.807, 2.05) is 60.7 Å². The number of hydrogen-bond acceptors (Lipinski definition) is 7. The van der Waals surface area contributed by atoms with E-state index in [-0.39, 0.29) is 24.8 Å². The summed E-state index contributed by atoms with van der Waals surface area (Å²) in [6, 6.07) is 24.1. The van der Waals surface area contributed by atoms with Gasteiger partial charge in [0, 0.05) is 56.4 Å². The van der Waals surface area contributed by atoms with Gasteiger partial charge in [0.25, 0.3) is 5.91 Å². The Morgan fingerprint density at radius 2 is 1.58 bits per heavy atom. The number of pyridine rings is 1. The molecule has 12 heteroatoms. The summed E-state index contributed by atoms with van der Waals surface area (Å²) < 4.78 is 5.71. The molecule has 0 radical (unpaired) electrons. The van der Waals surface area contributed by atoms with Crippen molar-refractivity contribution < 1.29 is 23.9 Å². The maximum atomic E-state index is 14.3. The number of ether oxygens (including phenoxy) is 1. The number of benzene rings is 3. The van der Waals surface area contributed by atoms with Crippen LogP contribution in [0.25, 0.3) is 0 Å². The van der Waals surface area contributed by atoms with Crippen LogP contribution in [0.5, 0.6) is 0 Å². The first-order valence-corrected chi connectivity index (χ1v) is 17.8. The minimum Gasteiger partial charge on any atom is -0.444 e. The molecule has 3 heterocycles. The molecule has 270 valence electrons. The summed E-state index contributed by atoms with van der Waals surface area (Å²) in [6.45, 7) is 7.40. The zero-order valence-corrected chi connectivity index (χ0v) is 30.3. The number of amides is 4. The third kappa shape index (κ3) is 8.89. The first-order chi connectivity index (χ1) is 24.9. The van der Waals surface area contributed by atoms with E-state index in [0.717, 1.165) is 22.4 Å². The second-order valence-electron chi connectivity index (χ2n) is 14.0. The zero-order valence-electron chi connectivity index (χ0n) is 29.6. The number of para-hydroxylation sites is 2. The fourth-order valence-corrected chi connectivity index (χ4v) is 6.65. The Balaban J connectivity index is 1.18. The summed E-state index contributed by atoms with van der Waals surface area (Å²) in [5, 5.41) is 6.60. The van der Waals surface area contributed by atoms with Crippen molar-refractivity contribution in [3.05, 3.63) is 125 Å². The lowest BCUT2D eigenvalue weighted by molar-refractivity contribution is -0.138. The van der Waals surface area contributed by atoms with Crippen molar-refractivity contribution in [2.24, 2.45) is 0 Å². The van der Waals surface area contributed by atoms with E-state index in [9.17, 15) is 19.2 Å². The minimum absolute atomic E-state index is 0.213. The topological polar surface area (TPSA) is 124 Å². The Kier molecular flexibility index (Phi) is 11.1. The van der Waals surface area contributed by atoms with Crippen molar-refractivity contribution in [2.75, 3.05) is 36.4 Å². The molecular formula is C40H43ClN6O5. The molecule has 1 aromatic heterocycles. The summed E-state index contributed by atoms with van der Waals surface area (Å²) in [5.41, 5.74) is 3.95. The maximum absolute atomic E-state index is 14.3. The monoisotopic (exact) mass is 722 g/mol. The zero-order chi connectivity index (χ0) is 36.8. The molecule has 2 unspecified atom stereocenters. The molecule has 1 saturated heterocycles. The van der Waals surface area contributed by atoms with E-state index in [1.165, 1.54) is 11.1 Å². The van der Waals surface area contributed by atoms with Crippen molar-refractivity contribution in [1.82, 2.24) is 20.1 Å². The average molecular weight is 723 g/mol. The van der Waals surface area contributed by atoms with Crippen LogP contribution in [0.1, 0.15) is 47.8 Å². The highest BCUT2D eigenvalue weighted by atomic mass is 35.5. The van der Waals surface area contributed by atoms with Crippen LogP contribution < -0.4 is 15.5 Å². The molecule has 0 aliphatic carbocycles. The number of nitrogens with one attached hydrogen (secondary N) is 2. The molecule has 0 bridgehead atoms. The molecule has 2 atom stereocenters. The van der Waals surface area contributed by atoms with Crippen LogP contribution in [0, 0.1) is 0 Å². The number of piperazine rings is 1. The highest BCUT2D eigenvalue weighted by molar-refractivity contribution is 6.30. The Morgan fingerprint density at radius 1 is 0.885 bits per heavy atom.